The molecule has 9 heteroatoms. The number of aromatic nitrogens is 4. The average Bonchev–Trinajstić information content (AvgIpc) is 3.33. The van der Waals surface area contributed by atoms with Crippen LogP contribution in [0.3, 0.4) is 0 Å². The Kier molecular flexibility index (Phi) is 4.84. The number of fused-ring (bicyclic) bond motifs is 5. The molecule has 1 aliphatic heterocycles. The zero-order valence-electron chi connectivity index (χ0n) is 17.1. The standard InChI is InChI=1S/C21H22N6O2S/c1-13(14-4-6-15(28-3)7-5-14)25-29-11-18-23-20-19-16-8-9-26(2)10-17(16)30-21(19)22-12-27(20)24-18/h4-7,12H,8-11H2,1-3H3. The molecule has 0 bridgehead atoms. The van der Waals surface area contributed by atoms with Crippen LogP contribution in [0.4, 0.5) is 0 Å². The molecule has 3 aromatic heterocycles. The number of benzene rings is 1. The molecule has 0 N–H and O–H groups in total. The Morgan fingerprint density at radius 3 is 2.90 bits per heavy atom. The summed E-state index contributed by atoms with van der Waals surface area (Å²) in [5.41, 5.74) is 3.96. The maximum absolute atomic E-state index is 5.54. The summed E-state index contributed by atoms with van der Waals surface area (Å²) in [6, 6.07) is 7.69. The minimum atomic E-state index is 0.200. The lowest BCUT2D eigenvalue weighted by Crippen LogP contribution is -2.25. The Bertz CT molecular complexity index is 1240. The van der Waals surface area contributed by atoms with E-state index in [0.717, 1.165) is 52.4 Å². The van der Waals surface area contributed by atoms with Crippen molar-refractivity contribution in [2.75, 3.05) is 20.7 Å². The maximum atomic E-state index is 5.54. The van der Waals surface area contributed by atoms with Gasteiger partial charge < -0.3 is 14.5 Å². The summed E-state index contributed by atoms with van der Waals surface area (Å²) in [6.45, 7) is 4.11. The van der Waals surface area contributed by atoms with E-state index in [0.29, 0.717) is 5.82 Å². The first kappa shape index (κ1) is 19.0. The van der Waals surface area contributed by atoms with E-state index in [1.54, 1.807) is 29.3 Å². The second-order valence-electron chi connectivity index (χ2n) is 7.39. The topological polar surface area (TPSA) is 77.1 Å². The van der Waals surface area contributed by atoms with Crippen LogP contribution >= 0.6 is 11.3 Å². The van der Waals surface area contributed by atoms with Gasteiger partial charge >= 0.3 is 0 Å². The van der Waals surface area contributed by atoms with E-state index in [2.05, 4.69) is 27.2 Å². The SMILES string of the molecule is COc1ccc(C(C)=NOCc2nc3c4c5c(sc4ncn3n2)CN(C)CC5)cc1. The van der Waals surface area contributed by atoms with Gasteiger partial charge in [-0.2, -0.15) is 0 Å². The molecule has 1 aromatic carbocycles. The van der Waals surface area contributed by atoms with E-state index in [-0.39, 0.29) is 6.61 Å². The summed E-state index contributed by atoms with van der Waals surface area (Å²) < 4.78 is 6.93. The second kappa shape index (κ2) is 7.66. The van der Waals surface area contributed by atoms with Gasteiger partial charge in [0.1, 0.15) is 16.9 Å². The van der Waals surface area contributed by atoms with Gasteiger partial charge in [-0.3, -0.25) is 0 Å². The number of hydrogen-bond donors (Lipinski definition) is 0. The van der Waals surface area contributed by atoms with Crippen molar-refractivity contribution in [2.45, 2.75) is 26.5 Å². The van der Waals surface area contributed by atoms with Crippen molar-refractivity contribution in [1.29, 1.82) is 0 Å². The fourth-order valence-electron chi connectivity index (χ4n) is 3.70. The molecule has 0 aliphatic carbocycles. The molecular weight excluding hydrogens is 400 g/mol. The number of nitrogens with zero attached hydrogens (tertiary/aromatic N) is 6. The van der Waals surface area contributed by atoms with Gasteiger partial charge in [-0.15, -0.1) is 16.4 Å². The number of methoxy groups -OCH3 is 1. The van der Waals surface area contributed by atoms with E-state index in [9.17, 15) is 0 Å². The van der Waals surface area contributed by atoms with Crippen molar-refractivity contribution >= 4 is 32.9 Å². The Morgan fingerprint density at radius 2 is 2.10 bits per heavy atom. The van der Waals surface area contributed by atoms with E-state index in [4.69, 9.17) is 14.6 Å². The van der Waals surface area contributed by atoms with Crippen LogP contribution in [-0.2, 0) is 24.4 Å². The van der Waals surface area contributed by atoms with E-state index >= 15 is 0 Å². The van der Waals surface area contributed by atoms with Gasteiger partial charge in [0, 0.05) is 18.0 Å². The maximum Gasteiger partial charge on any atom is 0.192 e. The van der Waals surface area contributed by atoms with Crippen molar-refractivity contribution in [1.82, 2.24) is 24.5 Å². The van der Waals surface area contributed by atoms with Crippen LogP contribution in [0.15, 0.2) is 35.7 Å². The Labute approximate surface area is 177 Å². The molecule has 154 valence electrons. The van der Waals surface area contributed by atoms with Crippen molar-refractivity contribution in [3.05, 3.63) is 52.4 Å². The highest BCUT2D eigenvalue weighted by atomic mass is 32.1. The first-order chi connectivity index (χ1) is 14.6. The van der Waals surface area contributed by atoms with Crippen LogP contribution in [-0.4, -0.2) is 50.9 Å². The molecule has 1 aliphatic rings. The molecule has 5 rings (SSSR count). The normalized spacial score (nSPS) is 15.0. The lowest BCUT2D eigenvalue weighted by atomic mass is 10.1. The molecule has 0 saturated carbocycles. The van der Waals surface area contributed by atoms with E-state index in [1.807, 2.05) is 31.2 Å². The Morgan fingerprint density at radius 1 is 1.27 bits per heavy atom. The van der Waals surface area contributed by atoms with Crippen LogP contribution < -0.4 is 4.74 Å². The number of ether oxygens (including phenoxy) is 1. The molecule has 0 radical (unpaired) electrons. The molecule has 0 spiro atoms. The molecule has 0 amide bonds. The highest BCUT2D eigenvalue weighted by Crippen LogP contribution is 2.35. The molecular formula is C21H22N6O2S. The fourth-order valence-corrected chi connectivity index (χ4v) is 4.96. The smallest absolute Gasteiger partial charge is 0.192 e. The number of hydrogen-bond acceptors (Lipinski definition) is 8. The summed E-state index contributed by atoms with van der Waals surface area (Å²) >= 11 is 1.75. The average molecular weight is 423 g/mol. The van der Waals surface area contributed by atoms with Crippen LogP contribution in [0, 0.1) is 0 Å². The third-order valence-corrected chi connectivity index (χ3v) is 6.44. The summed E-state index contributed by atoms with van der Waals surface area (Å²) in [6.07, 6.45) is 2.74. The minimum Gasteiger partial charge on any atom is -0.497 e. The summed E-state index contributed by atoms with van der Waals surface area (Å²) in [5, 5.41) is 9.87. The quantitative estimate of drug-likeness (QED) is 0.363. The molecule has 8 nitrogen and oxygen atoms in total. The lowest BCUT2D eigenvalue weighted by molar-refractivity contribution is 0.125. The molecule has 4 aromatic rings. The minimum absolute atomic E-state index is 0.200. The zero-order chi connectivity index (χ0) is 20.7. The number of oxime groups is 1. The largest absolute Gasteiger partial charge is 0.497 e. The van der Waals surface area contributed by atoms with Gasteiger partial charge in [-0.05, 0) is 55.8 Å². The van der Waals surface area contributed by atoms with E-state index in [1.165, 1.54) is 10.4 Å². The molecule has 0 saturated heterocycles. The van der Waals surface area contributed by atoms with Gasteiger partial charge in [0.25, 0.3) is 0 Å². The third-order valence-electron chi connectivity index (χ3n) is 5.32. The number of rotatable bonds is 5. The molecule has 0 atom stereocenters. The number of likely N-dealkylation sites (N-methyl/N-ethyl adjacent to an activating group) is 1. The monoisotopic (exact) mass is 422 g/mol. The first-order valence-corrected chi connectivity index (χ1v) is 10.6. The van der Waals surface area contributed by atoms with Crippen molar-refractivity contribution in [3.8, 4) is 5.75 Å². The van der Waals surface area contributed by atoms with Crippen LogP contribution in [0.1, 0.15) is 28.8 Å². The van der Waals surface area contributed by atoms with Gasteiger partial charge in [-0.25, -0.2) is 14.5 Å². The summed E-state index contributed by atoms with van der Waals surface area (Å²) in [5.74, 6) is 1.40. The highest BCUT2D eigenvalue weighted by Gasteiger charge is 2.22. The lowest BCUT2D eigenvalue weighted by Gasteiger charge is -2.21. The van der Waals surface area contributed by atoms with E-state index < -0.39 is 0 Å². The predicted molar refractivity (Wildman–Crippen MR) is 116 cm³/mol. The summed E-state index contributed by atoms with van der Waals surface area (Å²) in [4.78, 5) is 19.6. The molecule has 0 fully saturated rings. The zero-order valence-corrected chi connectivity index (χ0v) is 17.9. The van der Waals surface area contributed by atoms with Crippen LogP contribution in [0.2, 0.25) is 0 Å². The third kappa shape index (κ3) is 3.40. The van der Waals surface area contributed by atoms with Gasteiger partial charge in [0.2, 0.25) is 0 Å². The Hall–Kier alpha value is -3.04. The van der Waals surface area contributed by atoms with Gasteiger partial charge in [-0.1, -0.05) is 5.16 Å². The number of thiophene rings is 1. The van der Waals surface area contributed by atoms with Crippen molar-refractivity contribution in [2.24, 2.45) is 5.16 Å². The first-order valence-electron chi connectivity index (χ1n) is 9.76. The van der Waals surface area contributed by atoms with Gasteiger partial charge in [0.05, 0.1) is 18.2 Å². The van der Waals surface area contributed by atoms with Crippen LogP contribution in [0.5, 0.6) is 5.75 Å². The molecule has 4 heterocycles. The molecule has 0 unspecified atom stereocenters. The fraction of sp³-hybridized carbons (Fsp3) is 0.333. The van der Waals surface area contributed by atoms with Crippen LogP contribution in [0.25, 0.3) is 15.9 Å². The van der Waals surface area contributed by atoms with Crippen molar-refractivity contribution < 1.29 is 9.57 Å². The second-order valence-corrected chi connectivity index (χ2v) is 8.47. The highest BCUT2D eigenvalue weighted by molar-refractivity contribution is 7.19. The summed E-state index contributed by atoms with van der Waals surface area (Å²) in [7, 11) is 3.80. The molecule has 30 heavy (non-hydrogen) atoms. The predicted octanol–water partition coefficient (Wildman–Crippen LogP) is 3.28. The van der Waals surface area contributed by atoms with Crippen molar-refractivity contribution in [3.63, 3.8) is 0 Å². The van der Waals surface area contributed by atoms with Gasteiger partial charge in [0.15, 0.2) is 18.1 Å². The Balaban J connectivity index is 1.38.